The Morgan fingerprint density at radius 2 is 2.19 bits per heavy atom. The van der Waals surface area contributed by atoms with E-state index in [1.165, 1.54) is 6.20 Å². The maximum atomic E-state index is 11.8. The van der Waals surface area contributed by atoms with E-state index in [1.807, 2.05) is 6.92 Å². The largest absolute Gasteiger partial charge is 0.329 e. The molecule has 0 spiro atoms. The Kier molecular flexibility index (Phi) is 4.95. The normalized spacial score (nSPS) is 11.9. The number of sulfone groups is 1. The van der Waals surface area contributed by atoms with E-state index in [0.29, 0.717) is 24.4 Å². The Hall–Kier alpha value is -0.880. The lowest BCUT2D eigenvalue weighted by molar-refractivity contribution is 0.589. The quantitative estimate of drug-likeness (QED) is 0.721. The Bertz CT molecular complexity index is 411. The summed E-state index contributed by atoms with van der Waals surface area (Å²) < 4.78 is 25.2. The molecule has 0 aliphatic rings. The molecule has 0 atom stereocenters. The third-order valence-corrected chi connectivity index (χ3v) is 4.10. The first-order valence-electron chi connectivity index (χ1n) is 5.55. The van der Waals surface area contributed by atoms with Gasteiger partial charge in [0.05, 0.1) is 18.5 Å². The van der Waals surface area contributed by atoms with Gasteiger partial charge in [-0.25, -0.2) is 8.42 Å². The standard InChI is InChI=1S/C10H19N3O2S/c1-2-3-4-7-16(14,15)10-8-12-13(9-10)6-5-11/h8-9H,2-7,11H2,1H3. The smallest absolute Gasteiger partial charge is 0.181 e. The predicted molar refractivity (Wildman–Crippen MR) is 62.9 cm³/mol. The lowest BCUT2D eigenvalue weighted by atomic mass is 10.3. The summed E-state index contributed by atoms with van der Waals surface area (Å²) in [7, 11) is -3.15. The molecule has 5 nitrogen and oxygen atoms in total. The number of nitrogens with two attached hydrogens (primary N) is 1. The van der Waals surface area contributed by atoms with Crippen molar-refractivity contribution in [3.63, 3.8) is 0 Å². The van der Waals surface area contributed by atoms with E-state index in [0.717, 1.165) is 12.8 Å². The van der Waals surface area contributed by atoms with Gasteiger partial charge in [0.1, 0.15) is 4.90 Å². The number of hydrogen-bond acceptors (Lipinski definition) is 4. The molecule has 0 fully saturated rings. The highest BCUT2D eigenvalue weighted by Crippen LogP contribution is 2.12. The summed E-state index contributed by atoms with van der Waals surface area (Å²) in [6, 6.07) is 0. The Balaban J connectivity index is 2.66. The van der Waals surface area contributed by atoms with Crippen LogP contribution < -0.4 is 5.73 Å². The van der Waals surface area contributed by atoms with E-state index < -0.39 is 9.84 Å². The Labute approximate surface area is 96.6 Å². The van der Waals surface area contributed by atoms with Crippen molar-refractivity contribution >= 4 is 9.84 Å². The molecule has 0 aliphatic carbocycles. The third-order valence-electron chi connectivity index (χ3n) is 2.34. The molecule has 0 amide bonds. The van der Waals surface area contributed by atoms with Crippen LogP contribution in [0.3, 0.4) is 0 Å². The van der Waals surface area contributed by atoms with E-state index in [4.69, 9.17) is 5.73 Å². The predicted octanol–water partition coefficient (Wildman–Crippen LogP) is 0.806. The summed E-state index contributed by atoms with van der Waals surface area (Å²) in [5, 5.41) is 3.96. The highest BCUT2D eigenvalue weighted by Gasteiger charge is 2.15. The summed E-state index contributed by atoms with van der Waals surface area (Å²) in [6.07, 6.45) is 5.62. The van der Waals surface area contributed by atoms with Gasteiger partial charge in [0.25, 0.3) is 0 Å². The third kappa shape index (κ3) is 3.61. The first-order valence-corrected chi connectivity index (χ1v) is 7.20. The summed E-state index contributed by atoms with van der Waals surface area (Å²) in [6.45, 7) is 3.05. The van der Waals surface area contributed by atoms with Crippen molar-refractivity contribution in [1.29, 1.82) is 0 Å². The molecule has 16 heavy (non-hydrogen) atoms. The number of nitrogens with zero attached hydrogens (tertiary/aromatic N) is 2. The van der Waals surface area contributed by atoms with Gasteiger partial charge in [0.2, 0.25) is 0 Å². The fourth-order valence-electron chi connectivity index (χ4n) is 1.42. The van der Waals surface area contributed by atoms with Gasteiger partial charge in [0, 0.05) is 12.7 Å². The maximum Gasteiger partial charge on any atom is 0.181 e. The molecular formula is C10H19N3O2S. The fourth-order valence-corrected chi connectivity index (χ4v) is 2.73. The summed E-state index contributed by atoms with van der Waals surface area (Å²) >= 11 is 0. The van der Waals surface area contributed by atoms with E-state index in [1.54, 1.807) is 10.9 Å². The van der Waals surface area contributed by atoms with Gasteiger partial charge in [-0.15, -0.1) is 0 Å². The molecule has 0 bridgehead atoms. The second-order valence-corrected chi connectivity index (χ2v) is 5.86. The lowest BCUT2D eigenvalue weighted by Crippen LogP contribution is -2.10. The molecule has 92 valence electrons. The zero-order valence-electron chi connectivity index (χ0n) is 9.59. The van der Waals surface area contributed by atoms with Crippen molar-refractivity contribution < 1.29 is 8.42 Å². The first-order chi connectivity index (χ1) is 7.60. The monoisotopic (exact) mass is 245 g/mol. The molecule has 1 aromatic heterocycles. The summed E-state index contributed by atoms with van der Waals surface area (Å²) in [5.41, 5.74) is 5.37. The van der Waals surface area contributed by atoms with Gasteiger partial charge < -0.3 is 5.73 Å². The minimum absolute atomic E-state index is 0.204. The molecule has 1 heterocycles. The van der Waals surface area contributed by atoms with Crippen molar-refractivity contribution in [1.82, 2.24) is 9.78 Å². The SMILES string of the molecule is CCCCCS(=O)(=O)c1cnn(CCN)c1. The highest BCUT2D eigenvalue weighted by atomic mass is 32.2. The van der Waals surface area contributed by atoms with Gasteiger partial charge in [0.15, 0.2) is 9.84 Å². The van der Waals surface area contributed by atoms with Gasteiger partial charge >= 0.3 is 0 Å². The van der Waals surface area contributed by atoms with Crippen LogP contribution in [-0.2, 0) is 16.4 Å². The summed E-state index contributed by atoms with van der Waals surface area (Å²) in [5.74, 6) is 0.204. The van der Waals surface area contributed by atoms with Gasteiger partial charge in [-0.2, -0.15) is 5.10 Å². The average molecular weight is 245 g/mol. The zero-order chi connectivity index (χ0) is 12.0. The molecule has 0 saturated heterocycles. The molecule has 1 rings (SSSR count). The van der Waals surface area contributed by atoms with Crippen molar-refractivity contribution in [2.24, 2.45) is 5.73 Å². The van der Waals surface area contributed by atoms with Crippen LogP contribution in [0.1, 0.15) is 26.2 Å². The second kappa shape index (κ2) is 6.00. The minimum atomic E-state index is -3.15. The molecule has 0 aliphatic heterocycles. The van der Waals surface area contributed by atoms with Gasteiger partial charge in [-0.05, 0) is 6.42 Å². The zero-order valence-corrected chi connectivity index (χ0v) is 10.4. The van der Waals surface area contributed by atoms with E-state index in [-0.39, 0.29) is 5.75 Å². The van der Waals surface area contributed by atoms with Gasteiger partial charge in [-0.1, -0.05) is 19.8 Å². The molecule has 6 heteroatoms. The number of hydrogen-bond donors (Lipinski definition) is 1. The first kappa shape index (κ1) is 13.2. The molecule has 1 aromatic rings. The molecular weight excluding hydrogens is 226 g/mol. The topological polar surface area (TPSA) is 78.0 Å². The van der Waals surface area contributed by atoms with Crippen LogP contribution in [0, 0.1) is 0 Å². The van der Waals surface area contributed by atoms with E-state index in [9.17, 15) is 8.42 Å². The maximum absolute atomic E-state index is 11.8. The van der Waals surface area contributed by atoms with Crippen LogP contribution in [0.15, 0.2) is 17.3 Å². The molecule has 0 radical (unpaired) electrons. The lowest BCUT2D eigenvalue weighted by Gasteiger charge is -2.00. The van der Waals surface area contributed by atoms with Crippen LogP contribution in [0.25, 0.3) is 0 Å². The van der Waals surface area contributed by atoms with Crippen molar-refractivity contribution in [2.75, 3.05) is 12.3 Å². The summed E-state index contributed by atoms with van der Waals surface area (Å²) in [4.78, 5) is 0.303. The second-order valence-electron chi connectivity index (χ2n) is 3.75. The molecule has 0 saturated carbocycles. The Morgan fingerprint density at radius 3 is 2.81 bits per heavy atom. The van der Waals surface area contributed by atoms with Crippen LogP contribution in [0.4, 0.5) is 0 Å². The van der Waals surface area contributed by atoms with Crippen LogP contribution in [0.5, 0.6) is 0 Å². The average Bonchev–Trinajstić information content (AvgIpc) is 2.68. The van der Waals surface area contributed by atoms with Crippen molar-refractivity contribution in [3.8, 4) is 0 Å². The van der Waals surface area contributed by atoms with Crippen LogP contribution >= 0.6 is 0 Å². The van der Waals surface area contributed by atoms with Crippen molar-refractivity contribution in [3.05, 3.63) is 12.4 Å². The number of unbranched alkanes of at least 4 members (excludes halogenated alkanes) is 2. The molecule has 2 N–H and O–H groups in total. The highest BCUT2D eigenvalue weighted by molar-refractivity contribution is 7.91. The minimum Gasteiger partial charge on any atom is -0.329 e. The van der Waals surface area contributed by atoms with Gasteiger partial charge in [-0.3, -0.25) is 4.68 Å². The van der Waals surface area contributed by atoms with Crippen LogP contribution in [0.2, 0.25) is 0 Å². The van der Waals surface area contributed by atoms with E-state index >= 15 is 0 Å². The number of aromatic nitrogens is 2. The molecule has 0 aromatic carbocycles. The van der Waals surface area contributed by atoms with E-state index in [2.05, 4.69) is 5.10 Å². The van der Waals surface area contributed by atoms with Crippen LogP contribution in [-0.4, -0.2) is 30.5 Å². The number of rotatable bonds is 7. The Morgan fingerprint density at radius 1 is 1.44 bits per heavy atom. The van der Waals surface area contributed by atoms with Crippen molar-refractivity contribution in [2.45, 2.75) is 37.6 Å². The molecule has 0 unspecified atom stereocenters. The fraction of sp³-hybridized carbons (Fsp3) is 0.700.